The number of hydrogen-bond acceptors (Lipinski definition) is 2. The standard InChI is InChI=1S/C14H20BrNO/c1-10-7-14(17-2)13(15)9-11(10)8-12-5-3-4-6-16-12/h7,9,12,16H,3-6,8H2,1-2H3. The van der Waals surface area contributed by atoms with Gasteiger partial charge in [-0.3, -0.25) is 0 Å². The Kier molecular flexibility index (Phi) is 4.46. The molecule has 1 aliphatic rings. The van der Waals surface area contributed by atoms with Crippen LogP contribution in [0.5, 0.6) is 5.75 Å². The smallest absolute Gasteiger partial charge is 0.133 e. The van der Waals surface area contributed by atoms with E-state index in [2.05, 4.69) is 40.3 Å². The Morgan fingerprint density at radius 2 is 2.24 bits per heavy atom. The molecule has 0 aliphatic carbocycles. The van der Waals surface area contributed by atoms with Gasteiger partial charge >= 0.3 is 0 Å². The molecule has 2 nitrogen and oxygen atoms in total. The Labute approximate surface area is 112 Å². The minimum Gasteiger partial charge on any atom is -0.496 e. The minimum absolute atomic E-state index is 0.641. The van der Waals surface area contributed by atoms with Crippen molar-refractivity contribution in [3.05, 3.63) is 27.7 Å². The lowest BCUT2D eigenvalue weighted by Gasteiger charge is -2.24. The predicted octanol–water partition coefficient (Wildman–Crippen LogP) is 3.45. The summed E-state index contributed by atoms with van der Waals surface area (Å²) in [7, 11) is 1.71. The van der Waals surface area contributed by atoms with Crippen molar-refractivity contribution in [1.29, 1.82) is 0 Å². The lowest BCUT2D eigenvalue weighted by atomic mass is 9.95. The van der Waals surface area contributed by atoms with Crippen molar-refractivity contribution in [2.45, 2.75) is 38.6 Å². The second-order valence-electron chi connectivity index (χ2n) is 4.76. The van der Waals surface area contributed by atoms with Crippen molar-refractivity contribution in [3.8, 4) is 5.75 Å². The summed E-state index contributed by atoms with van der Waals surface area (Å²) in [5.74, 6) is 0.919. The highest BCUT2D eigenvalue weighted by Gasteiger charge is 2.15. The molecule has 0 radical (unpaired) electrons. The van der Waals surface area contributed by atoms with Crippen molar-refractivity contribution >= 4 is 15.9 Å². The molecule has 1 N–H and O–H groups in total. The van der Waals surface area contributed by atoms with Crippen molar-refractivity contribution in [2.24, 2.45) is 0 Å². The van der Waals surface area contributed by atoms with E-state index in [0.717, 1.165) is 16.6 Å². The first-order valence-electron chi connectivity index (χ1n) is 6.27. The van der Waals surface area contributed by atoms with E-state index in [1.165, 1.54) is 36.9 Å². The molecular formula is C14H20BrNO. The zero-order valence-corrected chi connectivity index (χ0v) is 12.1. The highest BCUT2D eigenvalue weighted by atomic mass is 79.9. The highest BCUT2D eigenvalue weighted by Crippen LogP contribution is 2.29. The van der Waals surface area contributed by atoms with Crippen LogP contribution in [0.4, 0.5) is 0 Å². The van der Waals surface area contributed by atoms with Crippen molar-refractivity contribution in [2.75, 3.05) is 13.7 Å². The molecule has 1 heterocycles. The largest absolute Gasteiger partial charge is 0.496 e. The molecule has 1 saturated heterocycles. The fraction of sp³-hybridized carbons (Fsp3) is 0.571. The molecule has 1 fully saturated rings. The van der Waals surface area contributed by atoms with Crippen LogP contribution in [-0.4, -0.2) is 19.7 Å². The van der Waals surface area contributed by atoms with E-state index in [9.17, 15) is 0 Å². The molecular weight excluding hydrogens is 278 g/mol. The zero-order chi connectivity index (χ0) is 12.3. The number of rotatable bonds is 3. The molecule has 1 unspecified atom stereocenters. The molecule has 3 heteroatoms. The molecule has 0 saturated carbocycles. The van der Waals surface area contributed by atoms with E-state index in [0.29, 0.717) is 6.04 Å². The maximum atomic E-state index is 5.31. The summed E-state index contributed by atoms with van der Waals surface area (Å²) in [4.78, 5) is 0. The van der Waals surface area contributed by atoms with Gasteiger partial charge < -0.3 is 10.1 Å². The maximum absolute atomic E-state index is 5.31. The summed E-state index contributed by atoms with van der Waals surface area (Å²) in [5, 5.41) is 3.60. The number of piperidine rings is 1. The van der Waals surface area contributed by atoms with Crippen LogP contribution >= 0.6 is 15.9 Å². The van der Waals surface area contributed by atoms with Crippen LogP contribution < -0.4 is 10.1 Å². The topological polar surface area (TPSA) is 21.3 Å². The third-order valence-corrected chi connectivity index (χ3v) is 4.11. The number of ether oxygens (including phenoxy) is 1. The van der Waals surface area contributed by atoms with Gasteiger partial charge in [-0.15, -0.1) is 0 Å². The van der Waals surface area contributed by atoms with Crippen LogP contribution in [-0.2, 0) is 6.42 Å². The Hall–Kier alpha value is -0.540. The first kappa shape index (κ1) is 12.9. The summed E-state index contributed by atoms with van der Waals surface area (Å²) >= 11 is 3.56. The number of hydrogen-bond donors (Lipinski definition) is 1. The molecule has 1 aromatic rings. The number of benzene rings is 1. The third kappa shape index (κ3) is 3.23. The van der Waals surface area contributed by atoms with E-state index in [1.807, 2.05) is 0 Å². The van der Waals surface area contributed by atoms with Gasteiger partial charge in [0.15, 0.2) is 0 Å². The maximum Gasteiger partial charge on any atom is 0.133 e. The van der Waals surface area contributed by atoms with Crippen LogP contribution in [0.3, 0.4) is 0 Å². The Morgan fingerprint density at radius 3 is 2.88 bits per heavy atom. The molecule has 17 heavy (non-hydrogen) atoms. The van der Waals surface area contributed by atoms with Crippen molar-refractivity contribution in [1.82, 2.24) is 5.32 Å². The van der Waals surface area contributed by atoms with Gasteiger partial charge in [-0.05, 0) is 71.9 Å². The summed E-state index contributed by atoms with van der Waals surface area (Å²) in [6.45, 7) is 3.33. The monoisotopic (exact) mass is 297 g/mol. The minimum atomic E-state index is 0.641. The second-order valence-corrected chi connectivity index (χ2v) is 5.62. The third-order valence-electron chi connectivity index (χ3n) is 3.49. The van der Waals surface area contributed by atoms with E-state index < -0.39 is 0 Å². The molecule has 1 aliphatic heterocycles. The molecule has 1 atom stereocenters. The lowest BCUT2D eigenvalue weighted by Crippen LogP contribution is -2.35. The molecule has 0 aromatic heterocycles. The van der Waals surface area contributed by atoms with Crippen LogP contribution in [0, 0.1) is 6.92 Å². The molecule has 0 amide bonds. The molecule has 94 valence electrons. The molecule has 0 bridgehead atoms. The van der Waals surface area contributed by atoms with Crippen LogP contribution in [0.1, 0.15) is 30.4 Å². The molecule has 1 aromatic carbocycles. The van der Waals surface area contributed by atoms with Gasteiger partial charge in [-0.2, -0.15) is 0 Å². The number of aryl methyl sites for hydroxylation is 1. The lowest BCUT2D eigenvalue weighted by molar-refractivity contribution is 0.397. The summed E-state index contributed by atoms with van der Waals surface area (Å²) in [6.07, 6.45) is 5.09. The molecule has 2 rings (SSSR count). The fourth-order valence-corrected chi connectivity index (χ4v) is 2.99. The quantitative estimate of drug-likeness (QED) is 0.923. The predicted molar refractivity (Wildman–Crippen MR) is 74.8 cm³/mol. The number of methoxy groups -OCH3 is 1. The van der Waals surface area contributed by atoms with Crippen molar-refractivity contribution in [3.63, 3.8) is 0 Å². The second kappa shape index (κ2) is 5.87. The number of nitrogens with one attached hydrogen (secondary N) is 1. The number of halogens is 1. The average molecular weight is 298 g/mol. The Morgan fingerprint density at radius 1 is 1.41 bits per heavy atom. The van der Waals surface area contributed by atoms with Gasteiger partial charge in [-0.1, -0.05) is 6.42 Å². The SMILES string of the molecule is COc1cc(C)c(CC2CCCCN2)cc1Br. The van der Waals surface area contributed by atoms with Gasteiger partial charge in [0.1, 0.15) is 5.75 Å². The van der Waals surface area contributed by atoms with E-state index in [-0.39, 0.29) is 0 Å². The van der Waals surface area contributed by atoms with Gasteiger partial charge in [0.2, 0.25) is 0 Å². The highest BCUT2D eigenvalue weighted by molar-refractivity contribution is 9.10. The fourth-order valence-electron chi connectivity index (χ4n) is 2.44. The van der Waals surface area contributed by atoms with Gasteiger partial charge in [0.05, 0.1) is 11.6 Å². The first-order chi connectivity index (χ1) is 8.20. The normalized spacial score (nSPS) is 20.3. The van der Waals surface area contributed by atoms with Gasteiger partial charge in [-0.25, -0.2) is 0 Å². The summed E-state index contributed by atoms with van der Waals surface area (Å²) in [6, 6.07) is 4.95. The van der Waals surface area contributed by atoms with Crippen LogP contribution in [0.15, 0.2) is 16.6 Å². The van der Waals surface area contributed by atoms with Crippen molar-refractivity contribution < 1.29 is 4.74 Å². The van der Waals surface area contributed by atoms with Gasteiger partial charge in [0, 0.05) is 6.04 Å². The van der Waals surface area contributed by atoms with Crippen LogP contribution in [0.25, 0.3) is 0 Å². The van der Waals surface area contributed by atoms with E-state index in [1.54, 1.807) is 7.11 Å². The Bertz CT molecular complexity index is 386. The average Bonchev–Trinajstić information content (AvgIpc) is 2.34. The summed E-state index contributed by atoms with van der Waals surface area (Å²) in [5.41, 5.74) is 2.73. The summed E-state index contributed by atoms with van der Waals surface area (Å²) < 4.78 is 6.36. The van der Waals surface area contributed by atoms with Crippen LogP contribution in [0.2, 0.25) is 0 Å². The van der Waals surface area contributed by atoms with Gasteiger partial charge in [0.25, 0.3) is 0 Å². The Balaban J connectivity index is 2.12. The first-order valence-corrected chi connectivity index (χ1v) is 7.06. The van der Waals surface area contributed by atoms with E-state index >= 15 is 0 Å². The van der Waals surface area contributed by atoms with E-state index in [4.69, 9.17) is 4.74 Å². The zero-order valence-electron chi connectivity index (χ0n) is 10.6. The molecule has 0 spiro atoms.